The first-order valence-corrected chi connectivity index (χ1v) is 15.3. The highest BCUT2D eigenvalue weighted by Gasteiger charge is 2.16. The molecule has 0 aliphatic heterocycles. The first kappa shape index (κ1) is 31.9. The van der Waals surface area contributed by atoms with E-state index >= 15 is 0 Å². The number of oxazole rings is 2. The standard InChI is InChI=1S/C37H34N4O7/c1-5-34-38-29(22-46-34)17-16-28-20-41(30-9-7-6-8-10-30)40-36(28)47-21-25-11-18-32(33(19-25)43-3)45-23-31-24(2)48-35(39-31)26-12-14-27(15-13-26)37(42)44-4/h6-20,22H,5,21,23H2,1-4H3/b17-16-. The van der Waals surface area contributed by atoms with Gasteiger partial charge in [0.15, 0.2) is 17.4 Å². The monoisotopic (exact) mass is 646 g/mol. The van der Waals surface area contributed by atoms with Gasteiger partial charge in [-0.25, -0.2) is 19.4 Å². The van der Waals surface area contributed by atoms with Crippen molar-refractivity contribution in [3.05, 3.63) is 125 Å². The summed E-state index contributed by atoms with van der Waals surface area (Å²) in [5.74, 6) is 2.88. The maximum atomic E-state index is 11.7. The lowest BCUT2D eigenvalue weighted by molar-refractivity contribution is 0.0600. The van der Waals surface area contributed by atoms with Crippen LogP contribution in [0.3, 0.4) is 0 Å². The van der Waals surface area contributed by atoms with Crippen molar-refractivity contribution in [1.82, 2.24) is 19.7 Å². The van der Waals surface area contributed by atoms with E-state index in [9.17, 15) is 4.79 Å². The molecule has 0 fully saturated rings. The second-order valence-corrected chi connectivity index (χ2v) is 10.7. The van der Waals surface area contributed by atoms with Crippen LogP contribution >= 0.6 is 0 Å². The van der Waals surface area contributed by atoms with E-state index in [0.717, 1.165) is 34.5 Å². The molecule has 11 heteroatoms. The molecule has 0 saturated carbocycles. The molecule has 3 aromatic carbocycles. The first-order valence-electron chi connectivity index (χ1n) is 15.3. The SMILES string of the molecule is CCc1nc(/C=C\c2cn(-c3ccccc3)nc2OCc2ccc(OCc3nc(-c4ccc(C(=O)OC)cc4)oc3C)c(OC)c2)co1. The lowest BCUT2D eigenvalue weighted by Gasteiger charge is -2.12. The van der Waals surface area contributed by atoms with E-state index in [0.29, 0.717) is 46.2 Å². The number of rotatable bonds is 13. The number of nitrogens with zero attached hydrogens (tertiary/aromatic N) is 4. The minimum absolute atomic E-state index is 0.166. The molecule has 0 spiro atoms. The van der Waals surface area contributed by atoms with Crippen molar-refractivity contribution in [2.24, 2.45) is 0 Å². The molecule has 0 radical (unpaired) electrons. The normalized spacial score (nSPS) is 11.2. The van der Waals surface area contributed by atoms with Crippen LogP contribution in [-0.4, -0.2) is 39.9 Å². The van der Waals surface area contributed by atoms with Crippen molar-refractivity contribution in [1.29, 1.82) is 0 Å². The van der Waals surface area contributed by atoms with Crippen LogP contribution in [0.4, 0.5) is 0 Å². The maximum Gasteiger partial charge on any atom is 0.337 e. The Morgan fingerprint density at radius 3 is 2.46 bits per heavy atom. The molecule has 0 unspecified atom stereocenters. The van der Waals surface area contributed by atoms with Crippen LogP contribution in [-0.2, 0) is 24.4 Å². The third-order valence-electron chi connectivity index (χ3n) is 7.45. The molecule has 3 aromatic heterocycles. The van der Waals surface area contributed by atoms with Gasteiger partial charge in [-0.3, -0.25) is 0 Å². The topological polar surface area (TPSA) is 124 Å². The Morgan fingerprint density at radius 1 is 0.917 bits per heavy atom. The molecule has 0 N–H and O–H groups in total. The van der Waals surface area contributed by atoms with Crippen LogP contribution in [0.1, 0.15) is 51.4 Å². The van der Waals surface area contributed by atoms with Gasteiger partial charge in [-0.05, 0) is 73.2 Å². The van der Waals surface area contributed by atoms with Gasteiger partial charge in [0.25, 0.3) is 0 Å². The summed E-state index contributed by atoms with van der Waals surface area (Å²) >= 11 is 0. The number of methoxy groups -OCH3 is 2. The number of carbonyl (C=O) groups is 1. The first-order chi connectivity index (χ1) is 23.4. The quantitative estimate of drug-likeness (QED) is 0.116. The van der Waals surface area contributed by atoms with Gasteiger partial charge in [0.05, 0.1) is 31.0 Å². The second-order valence-electron chi connectivity index (χ2n) is 10.7. The summed E-state index contributed by atoms with van der Waals surface area (Å²) in [5, 5.41) is 4.71. The Bertz CT molecular complexity index is 2020. The van der Waals surface area contributed by atoms with Crippen molar-refractivity contribution in [3.8, 4) is 34.5 Å². The van der Waals surface area contributed by atoms with Crippen LogP contribution in [0.25, 0.3) is 29.3 Å². The molecule has 6 aromatic rings. The maximum absolute atomic E-state index is 11.7. The average Bonchev–Trinajstić information content (AvgIpc) is 3.87. The van der Waals surface area contributed by atoms with E-state index < -0.39 is 5.97 Å². The predicted molar refractivity (Wildman–Crippen MR) is 178 cm³/mol. The highest BCUT2D eigenvalue weighted by Crippen LogP contribution is 2.31. The summed E-state index contributed by atoms with van der Waals surface area (Å²) < 4.78 is 35.9. The summed E-state index contributed by atoms with van der Waals surface area (Å²) in [5.41, 5.74) is 5.10. The molecule has 6 rings (SSSR count). The Hall–Kier alpha value is -6.10. The molecule has 0 atom stereocenters. The highest BCUT2D eigenvalue weighted by atomic mass is 16.5. The number of aromatic nitrogens is 4. The largest absolute Gasteiger partial charge is 0.493 e. The zero-order valence-corrected chi connectivity index (χ0v) is 27.0. The van der Waals surface area contributed by atoms with Gasteiger partial charge in [-0.15, -0.1) is 5.10 Å². The number of esters is 1. The lowest BCUT2D eigenvalue weighted by Crippen LogP contribution is -2.02. The van der Waals surface area contributed by atoms with Gasteiger partial charge < -0.3 is 27.8 Å². The van der Waals surface area contributed by atoms with E-state index in [1.165, 1.54) is 7.11 Å². The summed E-state index contributed by atoms with van der Waals surface area (Å²) in [6, 6.07) is 22.3. The predicted octanol–water partition coefficient (Wildman–Crippen LogP) is 7.51. The van der Waals surface area contributed by atoms with Gasteiger partial charge in [-0.2, -0.15) is 0 Å². The number of benzene rings is 3. The van der Waals surface area contributed by atoms with Crippen LogP contribution in [0.2, 0.25) is 0 Å². The number of hydrogen-bond acceptors (Lipinski definition) is 10. The molecule has 11 nitrogen and oxygen atoms in total. The van der Waals surface area contributed by atoms with Crippen LogP contribution in [0.15, 0.2) is 94.1 Å². The Morgan fingerprint density at radius 2 is 1.73 bits per heavy atom. The molecular formula is C37H34N4O7. The van der Waals surface area contributed by atoms with E-state index in [-0.39, 0.29) is 13.2 Å². The molecular weight excluding hydrogens is 612 g/mol. The van der Waals surface area contributed by atoms with E-state index in [4.69, 9.17) is 32.9 Å². The third-order valence-corrected chi connectivity index (χ3v) is 7.45. The average molecular weight is 647 g/mol. The smallest absolute Gasteiger partial charge is 0.337 e. The number of ether oxygens (including phenoxy) is 4. The number of carbonyl (C=O) groups excluding carboxylic acids is 1. The fraction of sp³-hybridized carbons (Fsp3) is 0.189. The van der Waals surface area contributed by atoms with E-state index in [2.05, 4.69) is 9.97 Å². The van der Waals surface area contributed by atoms with Crippen LogP contribution in [0, 0.1) is 6.92 Å². The zero-order valence-electron chi connectivity index (χ0n) is 27.0. The zero-order chi connectivity index (χ0) is 33.5. The molecule has 0 bridgehead atoms. The minimum atomic E-state index is -0.406. The molecule has 244 valence electrons. The Kier molecular flexibility index (Phi) is 9.66. The third kappa shape index (κ3) is 7.31. The molecule has 48 heavy (non-hydrogen) atoms. The number of para-hydroxylation sites is 1. The number of aryl methyl sites for hydroxylation is 2. The van der Waals surface area contributed by atoms with E-state index in [1.54, 1.807) is 42.3 Å². The summed E-state index contributed by atoms with van der Waals surface area (Å²) in [7, 11) is 2.93. The summed E-state index contributed by atoms with van der Waals surface area (Å²) in [6.45, 7) is 4.23. The van der Waals surface area contributed by atoms with Gasteiger partial charge in [0, 0.05) is 18.2 Å². The molecule has 0 saturated heterocycles. The van der Waals surface area contributed by atoms with Gasteiger partial charge in [-0.1, -0.05) is 31.2 Å². The van der Waals surface area contributed by atoms with Crippen molar-refractivity contribution in [2.75, 3.05) is 14.2 Å². The number of hydrogen-bond donors (Lipinski definition) is 0. The molecule has 0 amide bonds. The second kappa shape index (κ2) is 14.5. The lowest BCUT2D eigenvalue weighted by atomic mass is 10.1. The Balaban J connectivity index is 1.14. The van der Waals surface area contributed by atoms with Crippen LogP contribution in [0.5, 0.6) is 17.4 Å². The van der Waals surface area contributed by atoms with E-state index in [1.807, 2.05) is 80.7 Å². The van der Waals surface area contributed by atoms with Crippen molar-refractivity contribution in [3.63, 3.8) is 0 Å². The minimum Gasteiger partial charge on any atom is -0.493 e. The van der Waals surface area contributed by atoms with Crippen molar-refractivity contribution < 1.29 is 32.6 Å². The van der Waals surface area contributed by atoms with Crippen molar-refractivity contribution in [2.45, 2.75) is 33.5 Å². The molecule has 0 aliphatic rings. The fourth-order valence-electron chi connectivity index (χ4n) is 4.82. The van der Waals surface area contributed by atoms with Gasteiger partial charge >= 0.3 is 5.97 Å². The summed E-state index contributed by atoms with van der Waals surface area (Å²) in [6.07, 6.45) is 8.04. The highest BCUT2D eigenvalue weighted by molar-refractivity contribution is 5.89. The van der Waals surface area contributed by atoms with Crippen molar-refractivity contribution >= 4 is 18.1 Å². The fourth-order valence-corrected chi connectivity index (χ4v) is 4.82. The van der Waals surface area contributed by atoms with Gasteiger partial charge in [0.1, 0.15) is 36.6 Å². The van der Waals surface area contributed by atoms with Crippen LogP contribution < -0.4 is 14.2 Å². The van der Waals surface area contributed by atoms with Gasteiger partial charge in [0.2, 0.25) is 11.8 Å². The summed E-state index contributed by atoms with van der Waals surface area (Å²) in [4.78, 5) is 20.8. The Labute approximate surface area is 277 Å². The molecule has 0 aliphatic carbocycles. The molecule has 3 heterocycles.